The Hall–Kier alpha value is -5.02. The Morgan fingerprint density at radius 3 is 1.76 bits per heavy atom. The van der Waals surface area contributed by atoms with Crippen molar-refractivity contribution in [2.45, 2.75) is 6.92 Å². The van der Waals surface area contributed by atoms with E-state index in [4.69, 9.17) is 0 Å². The minimum Gasteiger partial charge on any atom is -0.311 e. The zero-order valence-corrected chi connectivity index (χ0v) is 21.1. The number of benzene rings is 5. The van der Waals surface area contributed by atoms with Gasteiger partial charge in [-0.3, -0.25) is 9.59 Å². The normalized spacial score (nSPS) is 10.9. The highest BCUT2D eigenvalue weighted by Gasteiger charge is 2.13. The first-order valence-corrected chi connectivity index (χ1v) is 12.5. The molecule has 184 valence electrons. The average Bonchev–Trinajstić information content (AvgIpc) is 2.98. The lowest BCUT2D eigenvalue weighted by atomic mass is 10.0. The van der Waals surface area contributed by atoms with Gasteiger partial charge in [0, 0.05) is 28.2 Å². The second-order valence-electron chi connectivity index (χ2n) is 9.08. The number of anilines is 3. The maximum absolute atomic E-state index is 12.6. The zero-order chi connectivity index (χ0) is 26.3. The van der Waals surface area contributed by atoms with Gasteiger partial charge < -0.3 is 4.90 Å². The number of hydrogen-bond donors (Lipinski definition) is 0. The molecule has 0 spiro atoms. The quantitative estimate of drug-likeness (QED) is 0.123. The van der Waals surface area contributed by atoms with E-state index < -0.39 is 0 Å². The van der Waals surface area contributed by atoms with Crippen LogP contribution in [0.4, 0.5) is 17.1 Å². The van der Waals surface area contributed by atoms with Crippen molar-refractivity contribution in [3.05, 3.63) is 156 Å². The molecule has 0 N–H and O–H groups in total. The third-order valence-electron chi connectivity index (χ3n) is 6.46. The summed E-state index contributed by atoms with van der Waals surface area (Å²) >= 11 is 0. The van der Waals surface area contributed by atoms with Gasteiger partial charge in [-0.1, -0.05) is 103 Å². The van der Waals surface area contributed by atoms with Crippen molar-refractivity contribution >= 4 is 35.2 Å². The molecule has 0 saturated heterocycles. The standard InChI is InChI=1S/C35H27NO2/c1-26-11-18-31(19-12-26)36(33-22-16-29(17-23-33)28-7-3-2-4-8-28)32-20-13-27(14-21-32)15-24-35(38)34-10-6-5-9-30(34)25-37/h2-25H,1H3/b24-15-. The van der Waals surface area contributed by atoms with E-state index in [-0.39, 0.29) is 5.78 Å². The van der Waals surface area contributed by atoms with Gasteiger partial charge in [0.15, 0.2) is 12.1 Å². The molecule has 0 unspecified atom stereocenters. The van der Waals surface area contributed by atoms with Gasteiger partial charge in [0.1, 0.15) is 0 Å². The Bertz CT molecular complexity index is 1570. The van der Waals surface area contributed by atoms with Gasteiger partial charge in [0.05, 0.1) is 0 Å². The van der Waals surface area contributed by atoms with Crippen LogP contribution in [0.15, 0.2) is 133 Å². The molecule has 0 atom stereocenters. The van der Waals surface area contributed by atoms with E-state index in [0.29, 0.717) is 17.4 Å². The van der Waals surface area contributed by atoms with Crippen LogP contribution in [0.3, 0.4) is 0 Å². The summed E-state index contributed by atoms with van der Waals surface area (Å²) in [5.41, 5.74) is 8.37. The molecule has 0 amide bonds. The minimum absolute atomic E-state index is 0.198. The summed E-state index contributed by atoms with van der Waals surface area (Å²) in [6.45, 7) is 2.08. The van der Waals surface area contributed by atoms with Crippen LogP contribution in [-0.4, -0.2) is 12.1 Å². The SMILES string of the molecule is Cc1ccc(N(c2ccc(/C=C\C(=O)c3ccccc3C=O)cc2)c2ccc(-c3ccccc3)cc2)cc1. The van der Waals surface area contributed by atoms with Crippen LogP contribution in [0, 0.1) is 6.92 Å². The molecular weight excluding hydrogens is 466 g/mol. The molecule has 0 aliphatic rings. The third kappa shape index (κ3) is 5.53. The van der Waals surface area contributed by atoms with Gasteiger partial charge in [-0.05, 0) is 66.1 Å². The predicted molar refractivity (Wildman–Crippen MR) is 156 cm³/mol. The monoisotopic (exact) mass is 493 g/mol. The Labute approximate surface area is 223 Å². The van der Waals surface area contributed by atoms with Gasteiger partial charge in [-0.15, -0.1) is 0 Å². The van der Waals surface area contributed by atoms with Crippen LogP contribution in [0.5, 0.6) is 0 Å². The first-order chi connectivity index (χ1) is 18.6. The van der Waals surface area contributed by atoms with E-state index in [1.54, 1.807) is 30.3 Å². The third-order valence-corrected chi connectivity index (χ3v) is 6.46. The maximum Gasteiger partial charge on any atom is 0.186 e. The zero-order valence-electron chi connectivity index (χ0n) is 21.1. The van der Waals surface area contributed by atoms with Crippen molar-refractivity contribution in [1.82, 2.24) is 0 Å². The van der Waals surface area contributed by atoms with Gasteiger partial charge >= 0.3 is 0 Å². The summed E-state index contributed by atoms with van der Waals surface area (Å²) in [4.78, 5) is 26.1. The van der Waals surface area contributed by atoms with E-state index in [1.165, 1.54) is 22.8 Å². The Balaban J connectivity index is 1.43. The number of rotatable bonds is 8. The predicted octanol–water partition coefficient (Wildman–Crippen LogP) is 8.84. The van der Waals surface area contributed by atoms with Crippen molar-refractivity contribution in [3.63, 3.8) is 0 Å². The number of aryl methyl sites for hydroxylation is 1. The Morgan fingerprint density at radius 1 is 0.605 bits per heavy atom. The van der Waals surface area contributed by atoms with Crippen molar-refractivity contribution < 1.29 is 9.59 Å². The molecule has 0 aromatic heterocycles. The van der Waals surface area contributed by atoms with E-state index >= 15 is 0 Å². The lowest BCUT2D eigenvalue weighted by Gasteiger charge is -2.26. The second kappa shape index (κ2) is 11.4. The Kier molecular flexibility index (Phi) is 7.37. The fourth-order valence-corrected chi connectivity index (χ4v) is 4.39. The van der Waals surface area contributed by atoms with Crippen LogP contribution < -0.4 is 4.90 Å². The van der Waals surface area contributed by atoms with Crippen molar-refractivity contribution in [2.24, 2.45) is 0 Å². The molecule has 0 bridgehead atoms. The van der Waals surface area contributed by atoms with Crippen LogP contribution >= 0.6 is 0 Å². The summed E-state index contributed by atoms with van der Waals surface area (Å²) < 4.78 is 0. The summed E-state index contributed by atoms with van der Waals surface area (Å²) in [7, 11) is 0. The number of aldehydes is 1. The molecule has 0 aliphatic heterocycles. The molecule has 5 aromatic carbocycles. The molecule has 0 heterocycles. The smallest absolute Gasteiger partial charge is 0.186 e. The molecule has 3 nitrogen and oxygen atoms in total. The van der Waals surface area contributed by atoms with E-state index in [9.17, 15) is 9.59 Å². The van der Waals surface area contributed by atoms with Gasteiger partial charge in [-0.2, -0.15) is 0 Å². The molecular formula is C35H27NO2. The number of allylic oxidation sites excluding steroid dienone is 1. The molecule has 5 aromatic rings. The molecule has 0 aliphatic carbocycles. The maximum atomic E-state index is 12.6. The largest absolute Gasteiger partial charge is 0.311 e. The van der Waals surface area contributed by atoms with Crippen molar-refractivity contribution in [2.75, 3.05) is 4.90 Å². The highest BCUT2D eigenvalue weighted by atomic mass is 16.1. The van der Waals surface area contributed by atoms with Crippen molar-refractivity contribution in [1.29, 1.82) is 0 Å². The summed E-state index contributed by atoms with van der Waals surface area (Å²) in [6, 6.07) is 42.3. The highest BCUT2D eigenvalue weighted by molar-refractivity contribution is 6.10. The molecule has 5 rings (SSSR count). The first kappa shape index (κ1) is 24.7. The lowest BCUT2D eigenvalue weighted by Crippen LogP contribution is -2.09. The van der Waals surface area contributed by atoms with E-state index in [0.717, 1.165) is 22.6 Å². The van der Waals surface area contributed by atoms with Crippen LogP contribution in [0.1, 0.15) is 31.8 Å². The van der Waals surface area contributed by atoms with E-state index in [2.05, 4.69) is 84.6 Å². The van der Waals surface area contributed by atoms with Crippen molar-refractivity contribution in [3.8, 4) is 11.1 Å². The first-order valence-electron chi connectivity index (χ1n) is 12.5. The number of carbonyl (C=O) groups is 2. The summed E-state index contributed by atoms with van der Waals surface area (Å²) in [5.74, 6) is -0.198. The van der Waals surface area contributed by atoms with Crippen LogP contribution in [0.25, 0.3) is 17.2 Å². The van der Waals surface area contributed by atoms with Gasteiger partial charge in [-0.25, -0.2) is 0 Å². The minimum atomic E-state index is -0.198. The number of carbonyl (C=O) groups excluding carboxylic acids is 2. The molecule has 3 heteroatoms. The highest BCUT2D eigenvalue weighted by Crippen LogP contribution is 2.36. The number of ketones is 1. The van der Waals surface area contributed by atoms with E-state index in [1.807, 2.05) is 30.3 Å². The van der Waals surface area contributed by atoms with Gasteiger partial charge in [0.2, 0.25) is 0 Å². The summed E-state index contributed by atoms with van der Waals surface area (Å²) in [5, 5.41) is 0. The van der Waals surface area contributed by atoms with Gasteiger partial charge in [0.25, 0.3) is 0 Å². The van der Waals surface area contributed by atoms with Crippen LogP contribution in [-0.2, 0) is 0 Å². The molecule has 38 heavy (non-hydrogen) atoms. The number of nitrogens with zero attached hydrogens (tertiary/aromatic N) is 1. The number of hydrogen-bond acceptors (Lipinski definition) is 3. The molecule has 0 fully saturated rings. The lowest BCUT2D eigenvalue weighted by molar-refractivity contribution is 0.103. The average molecular weight is 494 g/mol. The molecule has 0 radical (unpaired) electrons. The fraction of sp³-hybridized carbons (Fsp3) is 0.0286. The second-order valence-corrected chi connectivity index (χ2v) is 9.08. The van der Waals surface area contributed by atoms with Crippen LogP contribution in [0.2, 0.25) is 0 Å². The topological polar surface area (TPSA) is 37.4 Å². The fourth-order valence-electron chi connectivity index (χ4n) is 4.39. The summed E-state index contributed by atoms with van der Waals surface area (Å²) in [6.07, 6.45) is 4.00. The molecule has 0 saturated carbocycles. The Morgan fingerprint density at radius 2 is 1.13 bits per heavy atom.